The van der Waals surface area contributed by atoms with Crippen molar-refractivity contribution in [3.63, 3.8) is 0 Å². The van der Waals surface area contributed by atoms with Gasteiger partial charge < -0.3 is 4.57 Å². The van der Waals surface area contributed by atoms with E-state index in [1.165, 1.54) is 15.6 Å². The summed E-state index contributed by atoms with van der Waals surface area (Å²) in [5, 5.41) is 37.1. The van der Waals surface area contributed by atoms with E-state index in [1.54, 1.807) is 0 Å². The Labute approximate surface area is 291 Å². The number of nitrogens with zero attached hydrogens (tertiary/aromatic N) is 4. The van der Waals surface area contributed by atoms with Crippen molar-refractivity contribution in [2.75, 3.05) is 0 Å². The molecule has 50 heavy (non-hydrogen) atoms. The molecule has 0 atom stereocenters. The predicted octanol–water partition coefficient (Wildman–Crippen LogP) is 7.44. The van der Waals surface area contributed by atoms with Gasteiger partial charge in [-0.25, -0.2) is 0 Å². The predicted molar refractivity (Wildman–Crippen MR) is 204 cm³/mol. The zero-order valence-corrected chi connectivity index (χ0v) is 28.0. The number of fused-ring (bicyclic) bond motifs is 3. The van der Waals surface area contributed by atoms with Gasteiger partial charge in [-0.1, -0.05) is 121 Å². The molecule has 232 valence electrons. The molecule has 7 aromatic carbocycles. The fraction of sp³-hybridized carbons (Fsp3) is 0. The minimum atomic E-state index is -3.03. The second-order valence-corrected chi connectivity index (χ2v) is 16.0. The van der Waals surface area contributed by atoms with E-state index in [4.69, 9.17) is 0 Å². The summed E-state index contributed by atoms with van der Waals surface area (Å²) in [7, 11) is -3.03. The standard InChI is InChI=1S/C45H28N4Si/c46-29-32-21-24-43-40(26-32)38-18-10-11-19-42(38)49(43)44-28-34(31-48)20-23-39(44)41-27-33(30-47)22-25-45(41)50(35-12-4-1-5-13-35,36-14-6-2-7-15-36)37-16-8-3-9-17-37/h1-28H. The Bertz CT molecular complexity index is 2580. The fourth-order valence-corrected chi connectivity index (χ4v) is 12.5. The molecule has 4 nitrogen and oxygen atoms in total. The minimum absolute atomic E-state index is 0.527. The number of aromatic nitrogens is 1. The number of benzene rings is 7. The van der Waals surface area contributed by atoms with Crippen LogP contribution < -0.4 is 20.7 Å². The van der Waals surface area contributed by atoms with Crippen LogP contribution in [0.25, 0.3) is 38.6 Å². The van der Waals surface area contributed by atoms with Crippen LogP contribution in [0.1, 0.15) is 16.7 Å². The van der Waals surface area contributed by atoms with Gasteiger partial charge in [0, 0.05) is 16.3 Å². The largest absolute Gasteiger partial charge is 0.309 e. The quantitative estimate of drug-likeness (QED) is 0.138. The molecule has 0 amide bonds. The molecule has 0 bridgehead atoms. The number of nitriles is 3. The molecule has 8 rings (SSSR count). The Morgan fingerprint density at radius 3 is 1.48 bits per heavy atom. The van der Waals surface area contributed by atoms with Gasteiger partial charge in [-0.2, -0.15) is 15.8 Å². The summed E-state index contributed by atoms with van der Waals surface area (Å²) in [6.07, 6.45) is 0. The van der Waals surface area contributed by atoms with Crippen molar-refractivity contribution in [2.45, 2.75) is 0 Å². The molecule has 0 N–H and O–H groups in total. The van der Waals surface area contributed by atoms with Gasteiger partial charge in [-0.3, -0.25) is 0 Å². The molecule has 0 aliphatic heterocycles. The Kier molecular flexibility index (Phi) is 7.63. The molecule has 1 aromatic heterocycles. The second kappa shape index (κ2) is 12.6. The summed E-state index contributed by atoms with van der Waals surface area (Å²) in [6.45, 7) is 0. The molecule has 0 spiro atoms. The first-order chi connectivity index (χ1) is 24.7. The smallest absolute Gasteiger partial charge is 0.180 e. The molecule has 5 heteroatoms. The molecule has 0 saturated carbocycles. The zero-order valence-electron chi connectivity index (χ0n) is 27.0. The third-order valence-electron chi connectivity index (χ3n) is 9.63. The summed E-state index contributed by atoms with van der Waals surface area (Å²) in [4.78, 5) is 0. The maximum Gasteiger partial charge on any atom is 0.180 e. The third-order valence-corrected chi connectivity index (χ3v) is 14.5. The van der Waals surface area contributed by atoms with Crippen molar-refractivity contribution < 1.29 is 0 Å². The average Bonchev–Trinajstić information content (AvgIpc) is 3.53. The molecule has 0 fully saturated rings. The van der Waals surface area contributed by atoms with Crippen LogP contribution in [0.3, 0.4) is 0 Å². The third kappa shape index (κ3) is 4.80. The SMILES string of the molecule is N#Cc1ccc([Si](c2ccccc2)(c2ccccc2)c2ccccc2)c(-c2ccc(C#N)cc2-n2c3ccccc3c3cc(C#N)ccc32)c1. The summed E-state index contributed by atoms with van der Waals surface area (Å²) in [5.41, 5.74) is 6.22. The zero-order chi connectivity index (χ0) is 34.1. The topological polar surface area (TPSA) is 76.3 Å². The monoisotopic (exact) mass is 652 g/mol. The normalized spacial score (nSPS) is 11.1. The van der Waals surface area contributed by atoms with Crippen LogP contribution in [-0.2, 0) is 0 Å². The summed E-state index contributed by atoms with van der Waals surface area (Å²) >= 11 is 0. The van der Waals surface area contributed by atoms with E-state index < -0.39 is 8.07 Å². The lowest BCUT2D eigenvalue weighted by molar-refractivity contribution is 1.18. The number of hydrogen-bond donors (Lipinski definition) is 0. The van der Waals surface area contributed by atoms with Gasteiger partial charge in [0.15, 0.2) is 8.07 Å². The van der Waals surface area contributed by atoms with Crippen LogP contribution in [0.15, 0.2) is 170 Å². The first-order valence-corrected chi connectivity index (χ1v) is 18.4. The average molecular weight is 653 g/mol. The van der Waals surface area contributed by atoms with Crippen molar-refractivity contribution in [1.82, 2.24) is 4.57 Å². The van der Waals surface area contributed by atoms with E-state index >= 15 is 0 Å². The Balaban J connectivity index is 1.55. The van der Waals surface area contributed by atoms with Crippen molar-refractivity contribution >= 4 is 50.6 Å². The molecular formula is C45H28N4Si. The van der Waals surface area contributed by atoms with Crippen molar-refractivity contribution in [1.29, 1.82) is 15.8 Å². The first-order valence-electron chi connectivity index (χ1n) is 16.4. The van der Waals surface area contributed by atoms with Crippen molar-refractivity contribution in [3.05, 3.63) is 187 Å². The summed E-state index contributed by atoms with van der Waals surface area (Å²) in [5.74, 6) is 0. The van der Waals surface area contributed by atoms with Crippen LogP contribution in [0.4, 0.5) is 0 Å². The molecule has 0 saturated heterocycles. The molecule has 8 aromatic rings. The van der Waals surface area contributed by atoms with Crippen LogP contribution in [-0.4, -0.2) is 12.6 Å². The van der Waals surface area contributed by atoms with Crippen molar-refractivity contribution in [2.24, 2.45) is 0 Å². The summed E-state index contributed by atoms with van der Waals surface area (Å²) < 4.78 is 2.20. The van der Waals surface area contributed by atoms with Crippen molar-refractivity contribution in [3.8, 4) is 35.0 Å². The number of rotatable bonds is 6. The highest BCUT2D eigenvalue weighted by Crippen LogP contribution is 2.37. The highest BCUT2D eigenvalue weighted by Gasteiger charge is 2.43. The number of hydrogen-bond acceptors (Lipinski definition) is 3. The summed E-state index contributed by atoms with van der Waals surface area (Å²) in [6, 6.07) is 65.1. The van der Waals surface area contributed by atoms with Crippen LogP contribution >= 0.6 is 0 Å². The van der Waals surface area contributed by atoms with E-state index in [0.717, 1.165) is 43.8 Å². The van der Waals surface area contributed by atoms with Gasteiger partial charge in [0.2, 0.25) is 0 Å². The molecule has 0 aliphatic rings. The van der Waals surface area contributed by atoms with Gasteiger partial charge in [-0.05, 0) is 74.8 Å². The van der Waals surface area contributed by atoms with E-state index in [9.17, 15) is 15.8 Å². The van der Waals surface area contributed by atoms with Gasteiger partial charge in [-0.15, -0.1) is 0 Å². The molecule has 0 aliphatic carbocycles. The fourth-order valence-electron chi connectivity index (χ4n) is 7.51. The lowest BCUT2D eigenvalue weighted by Gasteiger charge is -2.36. The van der Waals surface area contributed by atoms with Gasteiger partial charge in [0.25, 0.3) is 0 Å². The molecule has 0 unspecified atom stereocenters. The van der Waals surface area contributed by atoms with E-state index in [1.807, 2.05) is 60.7 Å². The maximum atomic E-state index is 10.3. The van der Waals surface area contributed by atoms with E-state index in [2.05, 4.69) is 132 Å². The lowest BCUT2D eigenvalue weighted by Crippen LogP contribution is -2.75. The minimum Gasteiger partial charge on any atom is -0.309 e. The van der Waals surface area contributed by atoms with Crippen LogP contribution in [0.5, 0.6) is 0 Å². The lowest BCUT2D eigenvalue weighted by atomic mass is 9.99. The molecular weight excluding hydrogens is 625 g/mol. The highest BCUT2D eigenvalue weighted by molar-refractivity contribution is 7.20. The second-order valence-electron chi connectivity index (χ2n) is 12.3. The maximum absolute atomic E-state index is 10.3. The highest BCUT2D eigenvalue weighted by atomic mass is 28.3. The van der Waals surface area contributed by atoms with E-state index in [-0.39, 0.29) is 0 Å². The van der Waals surface area contributed by atoms with Gasteiger partial charge >= 0.3 is 0 Å². The molecule has 1 heterocycles. The van der Waals surface area contributed by atoms with Crippen LogP contribution in [0, 0.1) is 34.0 Å². The first kappa shape index (κ1) is 30.4. The van der Waals surface area contributed by atoms with Gasteiger partial charge in [0.05, 0.1) is 51.6 Å². The number of para-hydroxylation sites is 1. The van der Waals surface area contributed by atoms with Crippen LogP contribution in [0.2, 0.25) is 0 Å². The Hall–Kier alpha value is -6.97. The Morgan fingerprint density at radius 2 is 0.880 bits per heavy atom. The molecule has 0 radical (unpaired) electrons. The van der Waals surface area contributed by atoms with Gasteiger partial charge in [0.1, 0.15) is 0 Å². The Morgan fingerprint density at radius 1 is 0.400 bits per heavy atom. The van der Waals surface area contributed by atoms with E-state index in [0.29, 0.717) is 16.7 Å².